The second kappa shape index (κ2) is 9.03. The van der Waals surface area contributed by atoms with E-state index in [1.54, 1.807) is 47.1 Å². The Morgan fingerprint density at radius 1 is 1.09 bits per heavy atom. The fourth-order valence-electron chi connectivity index (χ4n) is 3.75. The van der Waals surface area contributed by atoms with E-state index >= 15 is 0 Å². The summed E-state index contributed by atoms with van der Waals surface area (Å²) in [6.07, 6.45) is 0. The van der Waals surface area contributed by atoms with Crippen molar-refractivity contribution in [2.24, 2.45) is 4.99 Å². The molecule has 2 aromatic rings. The van der Waals surface area contributed by atoms with Gasteiger partial charge in [-0.05, 0) is 43.7 Å². The topological polar surface area (TPSA) is 111 Å². The van der Waals surface area contributed by atoms with Gasteiger partial charge in [0, 0.05) is 42.5 Å². The lowest BCUT2D eigenvalue weighted by Crippen LogP contribution is -2.53. The number of piperazine rings is 1. The third-order valence-corrected chi connectivity index (χ3v) is 7.45. The van der Waals surface area contributed by atoms with Crippen LogP contribution >= 0.6 is 11.6 Å². The molecule has 0 aliphatic carbocycles. The first-order valence-corrected chi connectivity index (χ1v) is 12.3. The second-order valence-electron chi connectivity index (χ2n) is 7.96. The molecule has 0 spiro atoms. The Bertz CT molecular complexity index is 1240. The predicted octanol–water partition coefficient (Wildman–Crippen LogP) is 2.45. The van der Waals surface area contributed by atoms with E-state index in [2.05, 4.69) is 15.0 Å². The number of amides is 3. The van der Waals surface area contributed by atoms with E-state index in [0.717, 1.165) is 5.56 Å². The summed E-state index contributed by atoms with van der Waals surface area (Å²) in [6.45, 7) is 4.98. The third-order valence-electron chi connectivity index (χ3n) is 5.64. The van der Waals surface area contributed by atoms with E-state index in [9.17, 15) is 18.0 Å². The number of aryl methyl sites for hydroxylation is 1. The minimum atomic E-state index is -3.66. The number of carbonyl (C=O) groups excluding carboxylic acids is 2. The molecule has 0 saturated carbocycles. The molecule has 174 valence electrons. The summed E-state index contributed by atoms with van der Waals surface area (Å²) in [5.74, 6) is -0.0577. The molecule has 2 aliphatic heterocycles. The molecule has 1 fully saturated rings. The summed E-state index contributed by atoms with van der Waals surface area (Å²) in [5.41, 5.74) is 1.99. The van der Waals surface area contributed by atoms with Crippen LogP contribution in [0.15, 0.2) is 52.4 Å². The molecule has 2 aromatic carbocycles. The van der Waals surface area contributed by atoms with E-state index in [4.69, 9.17) is 11.6 Å². The summed E-state index contributed by atoms with van der Waals surface area (Å²) in [5, 5.41) is 3.40. The number of urea groups is 1. The molecular formula is C22H24ClN5O4S. The highest BCUT2D eigenvalue weighted by atomic mass is 35.5. The Morgan fingerprint density at radius 2 is 1.76 bits per heavy atom. The lowest BCUT2D eigenvalue weighted by atomic mass is 10.2. The first kappa shape index (κ1) is 23.1. The number of anilines is 1. The number of benzene rings is 2. The molecule has 11 heteroatoms. The Morgan fingerprint density at radius 3 is 2.45 bits per heavy atom. The zero-order valence-electron chi connectivity index (χ0n) is 18.2. The maximum Gasteiger partial charge on any atom is 0.321 e. The third kappa shape index (κ3) is 4.81. The van der Waals surface area contributed by atoms with Gasteiger partial charge in [0.05, 0.1) is 4.90 Å². The summed E-state index contributed by atoms with van der Waals surface area (Å²) in [7, 11) is -3.66. The molecule has 3 amide bonds. The number of nitrogens with zero attached hydrogens (tertiary/aromatic N) is 3. The normalized spacial score (nSPS) is 19.1. The van der Waals surface area contributed by atoms with Gasteiger partial charge in [-0.2, -0.15) is 0 Å². The van der Waals surface area contributed by atoms with E-state index in [0.29, 0.717) is 42.5 Å². The van der Waals surface area contributed by atoms with Crippen molar-refractivity contribution >= 4 is 45.1 Å². The number of carbonyl (C=O) groups is 2. The smallest absolute Gasteiger partial charge is 0.321 e. The maximum atomic E-state index is 12.9. The Kier molecular flexibility index (Phi) is 6.31. The van der Waals surface area contributed by atoms with Crippen molar-refractivity contribution in [3.8, 4) is 0 Å². The molecule has 1 atom stereocenters. The number of halogens is 1. The molecule has 0 radical (unpaired) electrons. The number of rotatable bonds is 3. The predicted molar refractivity (Wildman–Crippen MR) is 126 cm³/mol. The number of amidine groups is 1. The largest absolute Gasteiger partial charge is 0.337 e. The van der Waals surface area contributed by atoms with Crippen LogP contribution in [0.1, 0.15) is 18.1 Å². The number of hydrogen-bond donors (Lipinski definition) is 2. The number of fused-ring (bicyclic) bond motifs is 1. The average molecular weight is 490 g/mol. The molecular weight excluding hydrogens is 466 g/mol. The van der Waals surface area contributed by atoms with Crippen LogP contribution in [0, 0.1) is 6.92 Å². The van der Waals surface area contributed by atoms with Crippen LogP contribution in [0.5, 0.6) is 0 Å². The van der Waals surface area contributed by atoms with Crippen molar-refractivity contribution in [3.05, 3.63) is 58.6 Å². The zero-order chi connectivity index (χ0) is 23.8. The van der Waals surface area contributed by atoms with Gasteiger partial charge >= 0.3 is 6.03 Å². The van der Waals surface area contributed by atoms with Crippen LogP contribution in [0.25, 0.3) is 0 Å². The second-order valence-corrected chi connectivity index (χ2v) is 10.0. The summed E-state index contributed by atoms with van der Waals surface area (Å²) < 4.78 is 26.9. The van der Waals surface area contributed by atoms with E-state index in [1.807, 2.05) is 13.0 Å². The fraction of sp³-hybridized carbons (Fsp3) is 0.318. The average Bonchev–Trinajstić information content (AvgIpc) is 3.05. The summed E-state index contributed by atoms with van der Waals surface area (Å²) in [6, 6.07) is 10.8. The molecule has 2 N–H and O–H groups in total. The number of aliphatic imine (C=N–C) groups is 1. The van der Waals surface area contributed by atoms with Crippen molar-refractivity contribution in [2.75, 3.05) is 31.5 Å². The fourth-order valence-corrected chi connectivity index (χ4v) is 5.17. The SMILES string of the molecule is Cc1ccc(NC(=O)N2CCN(C(=O)[C@H](C)N=C3NS(=O)(=O)c4ccccc43)CC2)cc1Cl. The van der Waals surface area contributed by atoms with Crippen LogP contribution < -0.4 is 10.0 Å². The molecule has 33 heavy (non-hydrogen) atoms. The Hall–Kier alpha value is -3.11. The van der Waals surface area contributed by atoms with Crippen LogP contribution in [0.2, 0.25) is 5.02 Å². The van der Waals surface area contributed by atoms with Gasteiger partial charge < -0.3 is 15.1 Å². The van der Waals surface area contributed by atoms with Gasteiger partial charge in [-0.25, -0.2) is 13.2 Å². The number of nitrogens with one attached hydrogen (secondary N) is 2. The van der Waals surface area contributed by atoms with Gasteiger partial charge in [-0.15, -0.1) is 0 Å². The van der Waals surface area contributed by atoms with Crippen molar-refractivity contribution < 1.29 is 18.0 Å². The molecule has 0 unspecified atom stereocenters. The van der Waals surface area contributed by atoms with Crippen molar-refractivity contribution in [2.45, 2.75) is 24.8 Å². The van der Waals surface area contributed by atoms with Gasteiger partial charge in [-0.3, -0.25) is 14.5 Å². The minimum Gasteiger partial charge on any atom is -0.337 e. The lowest BCUT2D eigenvalue weighted by Gasteiger charge is -2.35. The highest BCUT2D eigenvalue weighted by Crippen LogP contribution is 2.23. The van der Waals surface area contributed by atoms with Crippen LogP contribution in [-0.4, -0.2) is 68.2 Å². The zero-order valence-corrected chi connectivity index (χ0v) is 19.8. The van der Waals surface area contributed by atoms with Gasteiger partial charge in [0.2, 0.25) is 5.91 Å². The van der Waals surface area contributed by atoms with Gasteiger partial charge in [-0.1, -0.05) is 29.8 Å². The van der Waals surface area contributed by atoms with Crippen molar-refractivity contribution in [1.29, 1.82) is 0 Å². The van der Waals surface area contributed by atoms with E-state index in [1.165, 1.54) is 6.07 Å². The Balaban J connectivity index is 1.36. The standard InChI is InChI=1S/C22H24ClN5O4S/c1-14-7-8-16(13-18(14)23)25-22(30)28-11-9-27(10-12-28)21(29)15(2)24-20-17-5-3-4-6-19(17)33(31,32)26-20/h3-8,13,15H,9-12H2,1-2H3,(H,24,26)(H,25,30)/t15-/m0/s1. The molecule has 4 rings (SSSR count). The number of hydrogen-bond acceptors (Lipinski definition) is 5. The first-order valence-electron chi connectivity index (χ1n) is 10.5. The minimum absolute atomic E-state index is 0.151. The van der Waals surface area contributed by atoms with Gasteiger partial charge in [0.15, 0.2) is 0 Å². The highest BCUT2D eigenvalue weighted by Gasteiger charge is 2.32. The maximum absolute atomic E-state index is 12.9. The van der Waals surface area contributed by atoms with Crippen LogP contribution in [-0.2, 0) is 14.8 Å². The monoisotopic (exact) mass is 489 g/mol. The van der Waals surface area contributed by atoms with Crippen molar-refractivity contribution in [1.82, 2.24) is 14.5 Å². The summed E-state index contributed by atoms with van der Waals surface area (Å²) >= 11 is 6.11. The van der Waals surface area contributed by atoms with Crippen LogP contribution in [0.4, 0.5) is 10.5 Å². The van der Waals surface area contributed by atoms with Crippen LogP contribution in [0.3, 0.4) is 0 Å². The van der Waals surface area contributed by atoms with Gasteiger partial charge in [0.1, 0.15) is 11.9 Å². The molecule has 2 aliphatic rings. The number of sulfonamides is 1. The molecule has 0 bridgehead atoms. The Labute approximate surface area is 197 Å². The molecule has 9 nitrogen and oxygen atoms in total. The molecule has 1 saturated heterocycles. The quantitative estimate of drug-likeness (QED) is 0.689. The highest BCUT2D eigenvalue weighted by molar-refractivity contribution is 7.90. The molecule has 2 heterocycles. The van der Waals surface area contributed by atoms with Crippen molar-refractivity contribution in [3.63, 3.8) is 0 Å². The van der Waals surface area contributed by atoms with Gasteiger partial charge in [0.25, 0.3) is 10.0 Å². The molecule has 0 aromatic heterocycles. The lowest BCUT2D eigenvalue weighted by molar-refractivity contribution is -0.133. The summed E-state index contributed by atoms with van der Waals surface area (Å²) in [4.78, 5) is 33.2. The van der Waals surface area contributed by atoms with E-state index in [-0.39, 0.29) is 22.7 Å². The first-order chi connectivity index (χ1) is 15.7. The van der Waals surface area contributed by atoms with E-state index < -0.39 is 16.1 Å².